The van der Waals surface area contributed by atoms with Crippen LogP contribution in [0.2, 0.25) is 0 Å². The molecule has 29 heavy (non-hydrogen) atoms. The molecule has 2 aromatic rings. The Hall–Kier alpha value is -2.38. The first-order valence-corrected chi connectivity index (χ1v) is 11.8. The summed E-state index contributed by atoms with van der Waals surface area (Å²) in [5.74, 6) is 0.752. The van der Waals surface area contributed by atoms with Crippen LogP contribution in [-0.4, -0.2) is 38.4 Å². The number of hydrogen-bond acceptors (Lipinski definition) is 4. The number of sulfonamides is 1. The van der Waals surface area contributed by atoms with E-state index in [0.29, 0.717) is 0 Å². The Labute approximate surface area is 176 Å². The number of piperidine rings is 1. The maximum Gasteiger partial charge on any atom is 0.292 e. The van der Waals surface area contributed by atoms with Crippen molar-refractivity contribution in [3.8, 4) is 5.75 Å². The fraction of sp³-hybridized carbons (Fsp3) is 0.318. The summed E-state index contributed by atoms with van der Waals surface area (Å²) in [4.78, 5) is 3.24. The molecule has 7 heteroatoms. The van der Waals surface area contributed by atoms with E-state index < -0.39 is 10.0 Å². The number of benzene rings is 2. The topological polar surface area (TPSA) is 59.0 Å². The molecule has 1 saturated heterocycles. The van der Waals surface area contributed by atoms with Crippen LogP contribution in [0.1, 0.15) is 30.4 Å². The van der Waals surface area contributed by atoms with Gasteiger partial charge in [0.25, 0.3) is 10.0 Å². The predicted octanol–water partition coefficient (Wildman–Crippen LogP) is 4.18. The Bertz CT molecular complexity index is 1010. The molecule has 0 aliphatic carbocycles. The standard InChI is InChI=1S/C22H26N2O3S2/c1-18-6-12-21(13-7-18)29(25,26)23-28-22(14-17-24-15-4-3-5-16-24)19-8-10-20(27-2)11-9-19/h6-14,17H,3-5,15-16H2,1-2H3/b17-14+. The lowest BCUT2D eigenvalue weighted by Crippen LogP contribution is -2.24. The van der Waals surface area contributed by atoms with Gasteiger partial charge < -0.3 is 9.64 Å². The van der Waals surface area contributed by atoms with Crippen LogP contribution in [0.15, 0.2) is 69.5 Å². The molecule has 5 nitrogen and oxygen atoms in total. The van der Waals surface area contributed by atoms with Gasteiger partial charge in [-0.3, -0.25) is 0 Å². The predicted molar refractivity (Wildman–Crippen MR) is 120 cm³/mol. The summed E-state index contributed by atoms with van der Waals surface area (Å²) in [5, 5.41) is 0. The number of allylic oxidation sites excluding steroid dienone is 1. The second-order valence-electron chi connectivity index (χ2n) is 6.96. The molecule has 1 aliphatic heterocycles. The van der Waals surface area contributed by atoms with Gasteiger partial charge in [-0.1, -0.05) is 21.5 Å². The molecule has 0 bridgehead atoms. The Kier molecular flexibility index (Phi) is 7.28. The van der Waals surface area contributed by atoms with Gasteiger partial charge >= 0.3 is 0 Å². The summed E-state index contributed by atoms with van der Waals surface area (Å²) >= 11 is 0.982. The molecule has 1 aliphatic rings. The molecule has 0 aromatic heterocycles. The zero-order valence-corrected chi connectivity index (χ0v) is 18.4. The van der Waals surface area contributed by atoms with Crippen molar-refractivity contribution in [2.45, 2.75) is 31.1 Å². The van der Waals surface area contributed by atoms with E-state index in [1.165, 1.54) is 19.3 Å². The quantitative estimate of drug-likeness (QED) is 0.392. The molecule has 0 atom stereocenters. The van der Waals surface area contributed by atoms with Gasteiger partial charge in [0.05, 0.1) is 16.9 Å². The van der Waals surface area contributed by atoms with Gasteiger partial charge in [0.1, 0.15) is 5.75 Å². The van der Waals surface area contributed by atoms with Crippen LogP contribution < -0.4 is 4.74 Å². The molecule has 1 fully saturated rings. The number of nitrogens with zero attached hydrogens (tertiary/aromatic N) is 2. The van der Waals surface area contributed by atoms with Gasteiger partial charge in [-0.05, 0) is 85.4 Å². The molecule has 2 aromatic carbocycles. The van der Waals surface area contributed by atoms with Crippen molar-refractivity contribution < 1.29 is 13.2 Å². The Balaban J connectivity index is 1.96. The average Bonchev–Trinajstić information content (AvgIpc) is 2.75. The Morgan fingerprint density at radius 3 is 2.31 bits per heavy atom. The maximum atomic E-state index is 12.6. The van der Waals surface area contributed by atoms with E-state index in [0.717, 1.165) is 46.0 Å². The van der Waals surface area contributed by atoms with Crippen molar-refractivity contribution in [1.82, 2.24) is 4.90 Å². The monoisotopic (exact) mass is 430 g/mol. The summed E-state index contributed by atoms with van der Waals surface area (Å²) in [6, 6.07) is 14.3. The summed E-state index contributed by atoms with van der Waals surface area (Å²) in [5.41, 5.74) is 1.90. The fourth-order valence-corrected chi connectivity index (χ4v) is 4.92. The van der Waals surface area contributed by atoms with Crippen molar-refractivity contribution in [2.75, 3.05) is 20.2 Å². The highest BCUT2D eigenvalue weighted by Crippen LogP contribution is 2.15. The molecule has 0 N–H and O–H groups in total. The summed E-state index contributed by atoms with van der Waals surface area (Å²) in [7, 11) is -2.12. The lowest BCUT2D eigenvalue weighted by molar-refractivity contribution is 0.310. The van der Waals surface area contributed by atoms with E-state index in [4.69, 9.17) is 4.74 Å². The van der Waals surface area contributed by atoms with Crippen LogP contribution in [0, 0.1) is 6.92 Å². The second-order valence-corrected chi connectivity index (χ2v) is 9.60. The van der Waals surface area contributed by atoms with Crippen LogP contribution in [0.25, 0.3) is 0 Å². The zero-order valence-electron chi connectivity index (χ0n) is 16.7. The normalized spacial score (nSPS) is 14.6. The van der Waals surface area contributed by atoms with E-state index in [1.807, 2.05) is 43.5 Å². The first kappa shape index (κ1) is 21.3. The highest BCUT2D eigenvalue weighted by atomic mass is 32.2. The minimum absolute atomic E-state index is 0.199. The third-order valence-corrected chi connectivity index (χ3v) is 7.27. The van der Waals surface area contributed by atoms with E-state index in [1.54, 1.807) is 31.4 Å². The number of likely N-dealkylation sites (tertiary alicyclic amines) is 1. The lowest BCUT2D eigenvalue weighted by Gasteiger charge is -2.24. The van der Waals surface area contributed by atoms with Crippen LogP contribution in [0.4, 0.5) is 0 Å². The first-order chi connectivity index (χ1) is 14.0. The summed E-state index contributed by atoms with van der Waals surface area (Å²) in [6.45, 7) is 3.97. The van der Waals surface area contributed by atoms with Crippen molar-refractivity contribution in [2.24, 2.45) is 3.77 Å². The van der Waals surface area contributed by atoms with E-state index in [-0.39, 0.29) is 4.90 Å². The van der Waals surface area contributed by atoms with Gasteiger partial charge in [0.15, 0.2) is 0 Å². The molecule has 3 rings (SSSR count). The van der Waals surface area contributed by atoms with Gasteiger partial charge in [-0.15, -0.1) is 0 Å². The third kappa shape index (κ3) is 6.05. The summed E-state index contributed by atoms with van der Waals surface area (Å²) in [6.07, 6.45) is 7.62. The van der Waals surface area contributed by atoms with Crippen LogP contribution in [0.5, 0.6) is 5.75 Å². The average molecular weight is 431 g/mol. The van der Waals surface area contributed by atoms with Crippen molar-refractivity contribution in [3.63, 3.8) is 0 Å². The highest BCUT2D eigenvalue weighted by molar-refractivity contribution is 7.95. The minimum Gasteiger partial charge on any atom is -0.497 e. The number of methoxy groups -OCH3 is 1. The Morgan fingerprint density at radius 2 is 1.69 bits per heavy atom. The smallest absolute Gasteiger partial charge is 0.292 e. The molecular formula is C22H26N2O3S2. The molecule has 0 unspecified atom stereocenters. The maximum absolute atomic E-state index is 12.6. The van der Waals surface area contributed by atoms with Crippen molar-refractivity contribution in [3.05, 3.63) is 71.9 Å². The van der Waals surface area contributed by atoms with Crippen LogP contribution >= 0.6 is 0 Å². The van der Waals surface area contributed by atoms with Crippen LogP contribution in [-0.2, 0) is 21.2 Å². The molecule has 154 valence electrons. The van der Waals surface area contributed by atoms with Crippen molar-refractivity contribution in [1.29, 1.82) is 0 Å². The molecule has 1 heterocycles. The van der Waals surface area contributed by atoms with E-state index in [9.17, 15) is 8.42 Å². The largest absolute Gasteiger partial charge is 0.497 e. The number of aryl methyl sites for hydroxylation is 1. The van der Waals surface area contributed by atoms with E-state index >= 15 is 0 Å². The van der Waals surface area contributed by atoms with Crippen molar-refractivity contribution >= 4 is 26.0 Å². The number of rotatable bonds is 6. The third-order valence-electron chi connectivity index (χ3n) is 4.75. The van der Waals surface area contributed by atoms with Crippen LogP contribution in [0.3, 0.4) is 0 Å². The Morgan fingerprint density at radius 1 is 1.03 bits per heavy atom. The molecule has 0 amide bonds. The number of hydrogen-bond donors (Lipinski definition) is 0. The molecular weight excluding hydrogens is 404 g/mol. The summed E-state index contributed by atoms with van der Waals surface area (Å²) < 4.78 is 34.5. The molecule has 0 radical (unpaired) electrons. The number of ether oxygens (including phenoxy) is 1. The molecule has 0 saturated carbocycles. The SMILES string of the molecule is COc1ccc(C(/C=C/N2CCCCC2)=S=NS(=O)(=O)c2ccc(C)cc2)cc1. The fourth-order valence-electron chi connectivity index (χ4n) is 3.02. The lowest BCUT2D eigenvalue weighted by atomic mass is 10.1. The first-order valence-electron chi connectivity index (χ1n) is 9.62. The van der Waals surface area contributed by atoms with Gasteiger partial charge in [0, 0.05) is 19.3 Å². The zero-order chi connectivity index (χ0) is 20.7. The minimum atomic E-state index is -3.74. The van der Waals surface area contributed by atoms with Gasteiger partial charge in [-0.25, -0.2) is 0 Å². The van der Waals surface area contributed by atoms with E-state index in [2.05, 4.69) is 8.67 Å². The van der Waals surface area contributed by atoms with Gasteiger partial charge in [0.2, 0.25) is 0 Å². The molecule has 0 spiro atoms. The second kappa shape index (κ2) is 9.89. The van der Waals surface area contributed by atoms with Gasteiger partial charge in [-0.2, -0.15) is 8.42 Å². The highest BCUT2D eigenvalue weighted by Gasteiger charge is 2.12.